The van der Waals surface area contributed by atoms with Gasteiger partial charge in [-0.25, -0.2) is 15.8 Å². The Bertz CT molecular complexity index is 618. The maximum atomic E-state index is 5.59. The molecular formula is C16H20N4. The number of anilines is 1. The Balaban J connectivity index is 2.13. The normalized spacial score (nSPS) is 16.6. The van der Waals surface area contributed by atoms with Crippen molar-refractivity contribution in [3.05, 3.63) is 53.0 Å². The summed E-state index contributed by atoms with van der Waals surface area (Å²) in [7, 11) is 0. The van der Waals surface area contributed by atoms with Crippen LogP contribution in [0.4, 0.5) is 5.82 Å². The third-order valence-corrected chi connectivity index (χ3v) is 4.49. The lowest BCUT2D eigenvalue weighted by atomic mass is 9.64. The second-order valence-electron chi connectivity index (χ2n) is 5.55. The van der Waals surface area contributed by atoms with Crippen LogP contribution in [-0.2, 0) is 5.41 Å². The van der Waals surface area contributed by atoms with Crippen molar-refractivity contribution in [1.82, 2.24) is 9.97 Å². The van der Waals surface area contributed by atoms with Crippen molar-refractivity contribution >= 4 is 5.82 Å². The van der Waals surface area contributed by atoms with Crippen LogP contribution >= 0.6 is 0 Å². The molecule has 0 bridgehead atoms. The quantitative estimate of drug-likeness (QED) is 0.663. The van der Waals surface area contributed by atoms with Gasteiger partial charge in [0.15, 0.2) is 0 Å². The predicted molar refractivity (Wildman–Crippen MR) is 80.4 cm³/mol. The zero-order chi connectivity index (χ0) is 14.2. The largest absolute Gasteiger partial charge is 0.308 e. The Morgan fingerprint density at radius 2 is 1.80 bits per heavy atom. The molecule has 0 amide bonds. The van der Waals surface area contributed by atoms with Crippen LogP contribution in [0.5, 0.6) is 0 Å². The smallest absolute Gasteiger partial charge is 0.146 e. The molecule has 1 heterocycles. The SMILES string of the molecule is Cc1nc(C2(c3ccccc3)CCC2)nc(NN)c1C. The van der Waals surface area contributed by atoms with E-state index in [0.29, 0.717) is 0 Å². The van der Waals surface area contributed by atoms with Crippen LogP contribution in [0.1, 0.15) is 41.9 Å². The number of nitrogen functional groups attached to an aromatic ring is 1. The molecule has 1 fully saturated rings. The van der Waals surface area contributed by atoms with Crippen molar-refractivity contribution in [2.24, 2.45) is 5.84 Å². The number of hydrogen-bond acceptors (Lipinski definition) is 4. The minimum atomic E-state index is -0.0364. The fourth-order valence-electron chi connectivity index (χ4n) is 2.91. The molecule has 20 heavy (non-hydrogen) atoms. The topological polar surface area (TPSA) is 63.8 Å². The first-order valence-corrected chi connectivity index (χ1v) is 7.05. The maximum Gasteiger partial charge on any atom is 0.146 e. The molecule has 1 aliphatic carbocycles. The van der Waals surface area contributed by atoms with Crippen LogP contribution < -0.4 is 11.3 Å². The first-order chi connectivity index (χ1) is 9.67. The second kappa shape index (κ2) is 4.87. The highest BCUT2D eigenvalue weighted by molar-refractivity contribution is 5.47. The summed E-state index contributed by atoms with van der Waals surface area (Å²) in [5.41, 5.74) is 5.97. The van der Waals surface area contributed by atoms with E-state index in [-0.39, 0.29) is 5.41 Å². The Labute approximate surface area is 119 Å². The van der Waals surface area contributed by atoms with E-state index < -0.39 is 0 Å². The lowest BCUT2D eigenvalue weighted by Gasteiger charge is -2.41. The maximum absolute atomic E-state index is 5.59. The van der Waals surface area contributed by atoms with Gasteiger partial charge in [0.25, 0.3) is 0 Å². The summed E-state index contributed by atoms with van der Waals surface area (Å²) in [4.78, 5) is 9.42. The molecule has 104 valence electrons. The van der Waals surface area contributed by atoms with Gasteiger partial charge in [-0.1, -0.05) is 36.8 Å². The third-order valence-electron chi connectivity index (χ3n) is 4.49. The minimum absolute atomic E-state index is 0.0364. The van der Waals surface area contributed by atoms with Crippen molar-refractivity contribution in [3.8, 4) is 0 Å². The van der Waals surface area contributed by atoms with Crippen LogP contribution in [0.3, 0.4) is 0 Å². The molecule has 0 unspecified atom stereocenters. The molecular weight excluding hydrogens is 248 g/mol. The summed E-state index contributed by atoms with van der Waals surface area (Å²) >= 11 is 0. The van der Waals surface area contributed by atoms with Crippen LogP contribution in [0.2, 0.25) is 0 Å². The highest BCUT2D eigenvalue weighted by Gasteiger charge is 2.43. The first-order valence-electron chi connectivity index (χ1n) is 7.05. The second-order valence-corrected chi connectivity index (χ2v) is 5.55. The predicted octanol–water partition coefficient (Wildman–Crippen LogP) is 2.85. The van der Waals surface area contributed by atoms with E-state index in [9.17, 15) is 0 Å². The average molecular weight is 268 g/mol. The highest BCUT2D eigenvalue weighted by atomic mass is 15.3. The van der Waals surface area contributed by atoms with Crippen LogP contribution in [-0.4, -0.2) is 9.97 Å². The molecule has 0 spiro atoms. The number of aromatic nitrogens is 2. The number of aryl methyl sites for hydroxylation is 1. The van der Waals surface area contributed by atoms with E-state index in [2.05, 4.69) is 34.7 Å². The van der Waals surface area contributed by atoms with Gasteiger partial charge in [-0.05, 0) is 32.3 Å². The lowest BCUT2D eigenvalue weighted by Crippen LogP contribution is -2.38. The Hall–Kier alpha value is -1.94. The summed E-state index contributed by atoms with van der Waals surface area (Å²) in [6.07, 6.45) is 3.42. The van der Waals surface area contributed by atoms with Crippen molar-refractivity contribution < 1.29 is 0 Å². The number of rotatable bonds is 3. The minimum Gasteiger partial charge on any atom is -0.308 e. The number of nitrogens with two attached hydrogens (primary N) is 1. The molecule has 3 N–H and O–H groups in total. The molecule has 1 aromatic heterocycles. The molecule has 4 nitrogen and oxygen atoms in total. The van der Waals surface area contributed by atoms with Crippen LogP contribution in [0.15, 0.2) is 30.3 Å². The summed E-state index contributed by atoms with van der Waals surface area (Å²) in [6.45, 7) is 4.00. The summed E-state index contributed by atoms with van der Waals surface area (Å²) in [6, 6.07) is 10.6. The Morgan fingerprint density at radius 1 is 1.10 bits per heavy atom. The Morgan fingerprint density at radius 3 is 2.35 bits per heavy atom. The molecule has 1 aromatic carbocycles. The average Bonchev–Trinajstić information content (AvgIpc) is 2.42. The van der Waals surface area contributed by atoms with Gasteiger partial charge in [0.1, 0.15) is 11.6 Å². The van der Waals surface area contributed by atoms with Gasteiger partial charge in [-0.2, -0.15) is 0 Å². The van der Waals surface area contributed by atoms with Gasteiger partial charge in [0.05, 0.1) is 5.41 Å². The zero-order valence-corrected chi connectivity index (χ0v) is 12.0. The first kappa shape index (κ1) is 13.1. The summed E-state index contributed by atoms with van der Waals surface area (Å²) in [5, 5.41) is 0. The van der Waals surface area contributed by atoms with Crippen molar-refractivity contribution in [3.63, 3.8) is 0 Å². The zero-order valence-electron chi connectivity index (χ0n) is 12.0. The molecule has 3 rings (SSSR count). The number of benzene rings is 1. The van der Waals surface area contributed by atoms with E-state index in [4.69, 9.17) is 10.8 Å². The molecule has 0 atom stereocenters. The van der Waals surface area contributed by atoms with E-state index in [1.54, 1.807) is 0 Å². The number of hydrogen-bond donors (Lipinski definition) is 2. The Kier molecular flexibility index (Phi) is 3.18. The van der Waals surface area contributed by atoms with Gasteiger partial charge < -0.3 is 5.43 Å². The van der Waals surface area contributed by atoms with Crippen molar-refractivity contribution in [1.29, 1.82) is 0 Å². The van der Waals surface area contributed by atoms with E-state index in [1.807, 2.05) is 19.9 Å². The standard InChI is InChI=1S/C16H20N4/c1-11-12(2)18-15(19-14(11)20-17)16(9-6-10-16)13-7-4-3-5-8-13/h3-5,7-8H,6,9-10,17H2,1-2H3,(H,18,19,20). The third kappa shape index (κ3) is 1.88. The van der Waals surface area contributed by atoms with Gasteiger partial charge in [-0.3, -0.25) is 0 Å². The van der Waals surface area contributed by atoms with E-state index >= 15 is 0 Å². The summed E-state index contributed by atoms with van der Waals surface area (Å²) in [5.74, 6) is 7.22. The van der Waals surface area contributed by atoms with Gasteiger partial charge >= 0.3 is 0 Å². The molecule has 1 saturated carbocycles. The fraction of sp³-hybridized carbons (Fsp3) is 0.375. The molecule has 2 aromatic rings. The number of nitrogens with one attached hydrogen (secondary N) is 1. The van der Waals surface area contributed by atoms with Gasteiger partial charge in [0, 0.05) is 11.3 Å². The lowest BCUT2D eigenvalue weighted by molar-refractivity contribution is 0.285. The monoisotopic (exact) mass is 268 g/mol. The molecule has 1 aliphatic rings. The van der Waals surface area contributed by atoms with E-state index in [1.165, 1.54) is 12.0 Å². The molecule has 0 aliphatic heterocycles. The molecule has 0 saturated heterocycles. The summed E-state index contributed by atoms with van der Waals surface area (Å²) < 4.78 is 0. The van der Waals surface area contributed by atoms with Gasteiger partial charge in [-0.15, -0.1) is 0 Å². The molecule has 0 radical (unpaired) electrons. The number of hydrazine groups is 1. The number of nitrogens with zero attached hydrogens (tertiary/aromatic N) is 2. The van der Waals surface area contributed by atoms with E-state index in [0.717, 1.165) is 35.7 Å². The van der Waals surface area contributed by atoms with Crippen LogP contribution in [0, 0.1) is 13.8 Å². The highest BCUT2D eigenvalue weighted by Crippen LogP contribution is 2.47. The van der Waals surface area contributed by atoms with Gasteiger partial charge in [0.2, 0.25) is 0 Å². The fourth-order valence-corrected chi connectivity index (χ4v) is 2.91. The molecule has 4 heteroatoms. The van der Waals surface area contributed by atoms with Crippen LogP contribution in [0.25, 0.3) is 0 Å². The van der Waals surface area contributed by atoms with Crippen molar-refractivity contribution in [2.75, 3.05) is 5.43 Å². The van der Waals surface area contributed by atoms with Crippen molar-refractivity contribution in [2.45, 2.75) is 38.5 Å².